The minimum atomic E-state index is 0.539. The van der Waals surface area contributed by atoms with Gasteiger partial charge in [-0.15, -0.1) is 0 Å². The zero-order valence-corrected chi connectivity index (χ0v) is 14.2. The van der Waals surface area contributed by atoms with Gasteiger partial charge in [0.25, 0.3) is 0 Å². The first-order valence-corrected chi connectivity index (χ1v) is 8.33. The zero-order valence-electron chi connectivity index (χ0n) is 13.5. The molecule has 4 nitrogen and oxygen atoms in total. The maximum atomic E-state index is 6.04. The Morgan fingerprint density at radius 3 is 2.54 bits per heavy atom. The van der Waals surface area contributed by atoms with E-state index in [1.54, 1.807) is 0 Å². The molecule has 0 spiro atoms. The van der Waals surface area contributed by atoms with E-state index in [2.05, 4.69) is 27.5 Å². The standard InChI is InChI=1S/C19H19ClN4/c1-2-11-21-18-13-17(14-7-4-3-5-8-14)23-19(24-18)22-16-10-6-9-15(20)12-16/h3-10,12-13H,2,11H2,1H3,(H2,21,22,23,24). The predicted octanol–water partition coefficient (Wildman–Crippen LogP) is 5.36. The Morgan fingerprint density at radius 2 is 1.79 bits per heavy atom. The van der Waals surface area contributed by atoms with E-state index in [1.807, 2.05) is 60.7 Å². The molecule has 1 aromatic heterocycles. The van der Waals surface area contributed by atoms with Crippen LogP contribution in [0.3, 0.4) is 0 Å². The number of nitrogens with zero attached hydrogens (tertiary/aromatic N) is 2. The number of aromatic nitrogens is 2. The van der Waals surface area contributed by atoms with E-state index >= 15 is 0 Å². The minimum Gasteiger partial charge on any atom is -0.370 e. The quantitative estimate of drug-likeness (QED) is 0.635. The number of anilines is 3. The summed E-state index contributed by atoms with van der Waals surface area (Å²) in [6, 6.07) is 19.5. The van der Waals surface area contributed by atoms with Crippen LogP contribution in [0.4, 0.5) is 17.5 Å². The Hall–Kier alpha value is -2.59. The first-order chi connectivity index (χ1) is 11.7. The molecule has 0 saturated carbocycles. The highest BCUT2D eigenvalue weighted by molar-refractivity contribution is 6.30. The molecule has 3 rings (SSSR count). The van der Waals surface area contributed by atoms with Gasteiger partial charge in [0.15, 0.2) is 0 Å². The molecule has 24 heavy (non-hydrogen) atoms. The maximum Gasteiger partial charge on any atom is 0.229 e. The molecule has 1 heterocycles. The normalized spacial score (nSPS) is 10.4. The molecule has 0 radical (unpaired) electrons. The van der Waals surface area contributed by atoms with Gasteiger partial charge < -0.3 is 10.6 Å². The fourth-order valence-corrected chi connectivity index (χ4v) is 2.49. The lowest BCUT2D eigenvalue weighted by molar-refractivity contribution is 0.966. The lowest BCUT2D eigenvalue weighted by Crippen LogP contribution is -2.06. The third kappa shape index (κ3) is 4.24. The van der Waals surface area contributed by atoms with Crippen molar-refractivity contribution in [3.05, 3.63) is 65.7 Å². The lowest BCUT2D eigenvalue weighted by atomic mass is 10.1. The van der Waals surface area contributed by atoms with Crippen molar-refractivity contribution in [2.75, 3.05) is 17.2 Å². The van der Waals surface area contributed by atoms with Crippen LogP contribution < -0.4 is 10.6 Å². The third-order valence-electron chi connectivity index (χ3n) is 3.43. The van der Waals surface area contributed by atoms with Crippen molar-refractivity contribution in [3.63, 3.8) is 0 Å². The van der Waals surface area contributed by atoms with Crippen LogP contribution in [0.2, 0.25) is 5.02 Å². The molecule has 0 bridgehead atoms. The highest BCUT2D eigenvalue weighted by Gasteiger charge is 2.07. The topological polar surface area (TPSA) is 49.8 Å². The van der Waals surface area contributed by atoms with Gasteiger partial charge in [-0.3, -0.25) is 0 Å². The highest BCUT2D eigenvalue weighted by atomic mass is 35.5. The number of halogens is 1. The molecule has 0 amide bonds. The molecule has 3 aromatic rings. The summed E-state index contributed by atoms with van der Waals surface area (Å²) in [5.41, 5.74) is 2.77. The summed E-state index contributed by atoms with van der Waals surface area (Å²) in [4.78, 5) is 9.18. The number of rotatable bonds is 6. The predicted molar refractivity (Wildman–Crippen MR) is 101 cm³/mol. The van der Waals surface area contributed by atoms with E-state index in [1.165, 1.54) is 0 Å². The first kappa shape index (κ1) is 16.3. The molecule has 0 aliphatic heterocycles. The van der Waals surface area contributed by atoms with Gasteiger partial charge in [0.1, 0.15) is 5.82 Å². The molecule has 0 unspecified atom stereocenters. The zero-order chi connectivity index (χ0) is 16.8. The van der Waals surface area contributed by atoms with Gasteiger partial charge in [-0.1, -0.05) is 54.9 Å². The average Bonchev–Trinajstić information content (AvgIpc) is 2.60. The van der Waals surface area contributed by atoms with Crippen LogP contribution in [0.15, 0.2) is 60.7 Å². The third-order valence-corrected chi connectivity index (χ3v) is 3.67. The number of hydrogen-bond donors (Lipinski definition) is 2. The second-order valence-corrected chi connectivity index (χ2v) is 5.83. The van der Waals surface area contributed by atoms with Crippen LogP contribution in [0, 0.1) is 0 Å². The molecule has 0 atom stereocenters. The first-order valence-electron chi connectivity index (χ1n) is 7.95. The maximum absolute atomic E-state index is 6.04. The summed E-state index contributed by atoms with van der Waals surface area (Å²) in [6.07, 6.45) is 1.03. The average molecular weight is 339 g/mol. The van der Waals surface area contributed by atoms with Crippen molar-refractivity contribution in [2.24, 2.45) is 0 Å². The lowest BCUT2D eigenvalue weighted by Gasteiger charge is -2.11. The van der Waals surface area contributed by atoms with Crippen LogP contribution in [0.1, 0.15) is 13.3 Å². The molecular weight excluding hydrogens is 320 g/mol. The van der Waals surface area contributed by atoms with Crippen molar-refractivity contribution >= 4 is 29.1 Å². The Morgan fingerprint density at radius 1 is 0.958 bits per heavy atom. The van der Waals surface area contributed by atoms with E-state index in [0.29, 0.717) is 11.0 Å². The molecule has 0 aliphatic rings. The SMILES string of the molecule is CCCNc1cc(-c2ccccc2)nc(Nc2cccc(Cl)c2)n1. The van der Waals surface area contributed by atoms with Gasteiger partial charge in [0.05, 0.1) is 5.69 Å². The van der Waals surface area contributed by atoms with Crippen molar-refractivity contribution in [1.82, 2.24) is 9.97 Å². The van der Waals surface area contributed by atoms with Crippen molar-refractivity contribution in [2.45, 2.75) is 13.3 Å². The summed E-state index contributed by atoms with van der Waals surface area (Å²) in [6.45, 7) is 2.99. The molecule has 0 saturated heterocycles. The van der Waals surface area contributed by atoms with Gasteiger partial charge in [-0.25, -0.2) is 4.98 Å². The van der Waals surface area contributed by atoms with Gasteiger partial charge in [0, 0.05) is 28.9 Å². The fourth-order valence-electron chi connectivity index (χ4n) is 2.30. The molecular formula is C19H19ClN4. The van der Waals surface area contributed by atoms with Crippen molar-refractivity contribution in [3.8, 4) is 11.3 Å². The van der Waals surface area contributed by atoms with Gasteiger partial charge >= 0.3 is 0 Å². The van der Waals surface area contributed by atoms with Crippen molar-refractivity contribution < 1.29 is 0 Å². The minimum absolute atomic E-state index is 0.539. The largest absolute Gasteiger partial charge is 0.370 e. The molecule has 5 heteroatoms. The summed E-state index contributed by atoms with van der Waals surface area (Å²) >= 11 is 6.04. The summed E-state index contributed by atoms with van der Waals surface area (Å²) in [7, 11) is 0. The highest BCUT2D eigenvalue weighted by Crippen LogP contribution is 2.24. The van der Waals surface area contributed by atoms with E-state index in [4.69, 9.17) is 11.6 Å². The van der Waals surface area contributed by atoms with Crippen LogP contribution in [0.5, 0.6) is 0 Å². The Kier molecular flexibility index (Phi) is 5.29. The van der Waals surface area contributed by atoms with Crippen LogP contribution in [-0.4, -0.2) is 16.5 Å². The molecule has 122 valence electrons. The molecule has 2 N–H and O–H groups in total. The Bertz CT molecular complexity index is 805. The summed E-state index contributed by atoms with van der Waals surface area (Å²) in [5.74, 6) is 1.34. The monoisotopic (exact) mass is 338 g/mol. The van der Waals surface area contributed by atoms with Gasteiger partial charge in [0.2, 0.25) is 5.95 Å². The van der Waals surface area contributed by atoms with Gasteiger partial charge in [-0.2, -0.15) is 4.98 Å². The van der Waals surface area contributed by atoms with Crippen LogP contribution in [0.25, 0.3) is 11.3 Å². The van der Waals surface area contributed by atoms with E-state index in [0.717, 1.165) is 35.7 Å². The molecule has 0 fully saturated rings. The van der Waals surface area contributed by atoms with Crippen molar-refractivity contribution in [1.29, 1.82) is 0 Å². The summed E-state index contributed by atoms with van der Waals surface area (Å²) in [5, 5.41) is 7.22. The Balaban J connectivity index is 1.95. The van der Waals surface area contributed by atoms with Gasteiger partial charge in [-0.05, 0) is 24.6 Å². The van der Waals surface area contributed by atoms with Crippen LogP contribution in [-0.2, 0) is 0 Å². The fraction of sp³-hybridized carbons (Fsp3) is 0.158. The van der Waals surface area contributed by atoms with E-state index < -0.39 is 0 Å². The second kappa shape index (κ2) is 7.79. The number of hydrogen-bond acceptors (Lipinski definition) is 4. The molecule has 0 aliphatic carbocycles. The number of benzene rings is 2. The number of nitrogens with one attached hydrogen (secondary N) is 2. The van der Waals surface area contributed by atoms with E-state index in [-0.39, 0.29) is 0 Å². The van der Waals surface area contributed by atoms with E-state index in [9.17, 15) is 0 Å². The smallest absolute Gasteiger partial charge is 0.229 e. The second-order valence-electron chi connectivity index (χ2n) is 5.39. The van der Waals surface area contributed by atoms with Crippen LogP contribution >= 0.6 is 11.6 Å². The molecule has 2 aromatic carbocycles. The Labute approximate surface area is 146 Å². The summed E-state index contributed by atoms with van der Waals surface area (Å²) < 4.78 is 0.